The lowest BCUT2D eigenvalue weighted by Crippen LogP contribution is -2.35. The van der Waals surface area contributed by atoms with Gasteiger partial charge in [-0.3, -0.25) is 4.79 Å². The molecule has 1 saturated carbocycles. The molecular formula is C14H27NO2. The van der Waals surface area contributed by atoms with Gasteiger partial charge in [-0.25, -0.2) is 0 Å². The summed E-state index contributed by atoms with van der Waals surface area (Å²) in [6, 6.07) is 0. The molecular weight excluding hydrogens is 214 g/mol. The van der Waals surface area contributed by atoms with Gasteiger partial charge in [-0.2, -0.15) is 0 Å². The summed E-state index contributed by atoms with van der Waals surface area (Å²) in [4.78, 5) is 11.1. The predicted molar refractivity (Wildman–Crippen MR) is 70.0 cm³/mol. The summed E-state index contributed by atoms with van der Waals surface area (Å²) in [5.41, 5.74) is 0. The molecule has 0 radical (unpaired) electrons. The zero-order valence-corrected chi connectivity index (χ0v) is 11.2. The van der Waals surface area contributed by atoms with Gasteiger partial charge in [0, 0.05) is 0 Å². The van der Waals surface area contributed by atoms with Gasteiger partial charge in [-0.05, 0) is 50.6 Å². The summed E-state index contributed by atoms with van der Waals surface area (Å²) in [6.07, 6.45) is 6.67. The molecule has 0 spiro atoms. The van der Waals surface area contributed by atoms with E-state index in [1.165, 1.54) is 19.3 Å². The highest BCUT2D eigenvalue weighted by Gasteiger charge is 2.30. The van der Waals surface area contributed by atoms with Crippen molar-refractivity contribution in [2.75, 3.05) is 13.1 Å². The molecule has 1 fully saturated rings. The Labute approximate surface area is 105 Å². The first-order valence-corrected chi connectivity index (χ1v) is 7.04. The number of carbonyl (C=O) groups is 1. The van der Waals surface area contributed by atoms with Crippen LogP contribution >= 0.6 is 0 Å². The zero-order chi connectivity index (χ0) is 12.7. The van der Waals surface area contributed by atoms with Crippen molar-refractivity contribution in [3.05, 3.63) is 0 Å². The molecule has 0 heterocycles. The third-order valence-corrected chi connectivity index (χ3v) is 3.77. The van der Waals surface area contributed by atoms with Gasteiger partial charge in [0.05, 0.1) is 5.92 Å². The fourth-order valence-corrected chi connectivity index (χ4v) is 2.70. The van der Waals surface area contributed by atoms with Gasteiger partial charge in [0.1, 0.15) is 0 Å². The van der Waals surface area contributed by atoms with Gasteiger partial charge in [0.25, 0.3) is 0 Å². The molecule has 1 aliphatic carbocycles. The van der Waals surface area contributed by atoms with E-state index in [1.807, 2.05) is 0 Å². The van der Waals surface area contributed by atoms with E-state index in [9.17, 15) is 4.79 Å². The summed E-state index contributed by atoms with van der Waals surface area (Å²) in [5.74, 6) is 0.401. The minimum absolute atomic E-state index is 0.110. The van der Waals surface area contributed by atoms with E-state index in [4.69, 9.17) is 5.11 Å². The summed E-state index contributed by atoms with van der Waals surface area (Å²) in [5, 5.41) is 12.6. The molecule has 0 bridgehead atoms. The lowest BCUT2D eigenvalue weighted by Gasteiger charge is -2.28. The van der Waals surface area contributed by atoms with Crippen LogP contribution in [0.3, 0.4) is 0 Å². The topological polar surface area (TPSA) is 49.3 Å². The Hall–Kier alpha value is -0.570. The van der Waals surface area contributed by atoms with Gasteiger partial charge in [0.2, 0.25) is 0 Å². The van der Waals surface area contributed by atoms with E-state index in [2.05, 4.69) is 19.2 Å². The summed E-state index contributed by atoms with van der Waals surface area (Å²) < 4.78 is 0. The Morgan fingerprint density at radius 1 is 1.35 bits per heavy atom. The van der Waals surface area contributed by atoms with Crippen molar-refractivity contribution in [2.24, 2.45) is 17.8 Å². The van der Waals surface area contributed by atoms with Crippen LogP contribution < -0.4 is 5.32 Å². The van der Waals surface area contributed by atoms with Crippen LogP contribution in [0.15, 0.2) is 0 Å². The van der Waals surface area contributed by atoms with Gasteiger partial charge in [0.15, 0.2) is 0 Å². The largest absolute Gasteiger partial charge is 0.481 e. The number of rotatable bonds is 7. The van der Waals surface area contributed by atoms with E-state index in [-0.39, 0.29) is 5.92 Å². The molecule has 1 rings (SSSR count). The lowest BCUT2D eigenvalue weighted by molar-refractivity contribution is -0.144. The van der Waals surface area contributed by atoms with Crippen molar-refractivity contribution in [1.29, 1.82) is 0 Å². The molecule has 2 atom stereocenters. The number of carboxylic acid groups (broad SMARTS) is 1. The Morgan fingerprint density at radius 3 is 2.71 bits per heavy atom. The van der Waals surface area contributed by atoms with Crippen molar-refractivity contribution in [2.45, 2.75) is 52.4 Å². The second kappa shape index (κ2) is 7.70. The average molecular weight is 241 g/mol. The van der Waals surface area contributed by atoms with Crippen LogP contribution in [-0.4, -0.2) is 24.2 Å². The van der Waals surface area contributed by atoms with Gasteiger partial charge < -0.3 is 10.4 Å². The monoisotopic (exact) mass is 241 g/mol. The van der Waals surface area contributed by atoms with Gasteiger partial charge in [-0.15, -0.1) is 0 Å². The van der Waals surface area contributed by atoms with E-state index in [1.54, 1.807) is 0 Å². The molecule has 100 valence electrons. The normalized spacial score (nSPS) is 25.1. The summed E-state index contributed by atoms with van der Waals surface area (Å²) in [6.45, 7) is 6.39. The Morgan fingerprint density at radius 2 is 2.06 bits per heavy atom. The number of hydrogen-bond donors (Lipinski definition) is 2. The molecule has 0 aromatic rings. The van der Waals surface area contributed by atoms with Crippen molar-refractivity contribution < 1.29 is 9.90 Å². The van der Waals surface area contributed by atoms with Crippen LogP contribution in [0.2, 0.25) is 0 Å². The SMILES string of the molecule is CC(C)CCCNCC1CCCCC1C(=O)O. The number of hydrogen-bond acceptors (Lipinski definition) is 2. The van der Waals surface area contributed by atoms with E-state index < -0.39 is 5.97 Å². The highest BCUT2D eigenvalue weighted by Crippen LogP contribution is 2.29. The molecule has 2 N–H and O–H groups in total. The van der Waals surface area contributed by atoms with Crippen LogP contribution in [0.1, 0.15) is 52.4 Å². The molecule has 17 heavy (non-hydrogen) atoms. The second-order valence-corrected chi connectivity index (χ2v) is 5.73. The van der Waals surface area contributed by atoms with Crippen LogP contribution in [0.25, 0.3) is 0 Å². The highest BCUT2D eigenvalue weighted by molar-refractivity contribution is 5.70. The molecule has 0 aromatic heterocycles. The van der Waals surface area contributed by atoms with E-state index in [0.717, 1.165) is 38.3 Å². The Balaban J connectivity index is 2.17. The second-order valence-electron chi connectivity index (χ2n) is 5.73. The number of nitrogens with one attached hydrogen (secondary N) is 1. The van der Waals surface area contributed by atoms with Gasteiger partial charge in [-0.1, -0.05) is 26.7 Å². The Kier molecular flexibility index (Phi) is 6.56. The maximum absolute atomic E-state index is 11.1. The first kappa shape index (κ1) is 14.5. The predicted octanol–water partition coefficient (Wildman–Crippen LogP) is 2.90. The summed E-state index contributed by atoms with van der Waals surface area (Å²) in [7, 11) is 0. The minimum atomic E-state index is -0.598. The quantitative estimate of drug-likeness (QED) is 0.674. The Bertz CT molecular complexity index is 228. The van der Waals surface area contributed by atoms with Crippen molar-refractivity contribution >= 4 is 5.97 Å². The molecule has 0 saturated heterocycles. The van der Waals surface area contributed by atoms with Crippen molar-refractivity contribution in [3.63, 3.8) is 0 Å². The van der Waals surface area contributed by atoms with E-state index in [0.29, 0.717) is 5.92 Å². The van der Waals surface area contributed by atoms with E-state index >= 15 is 0 Å². The molecule has 3 nitrogen and oxygen atoms in total. The maximum atomic E-state index is 11.1. The van der Waals surface area contributed by atoms with Crippen molar-refractivity contribution in [1.82, 2.24) is 5.32 Å². The maximum Gasteiger partial charge on any atom is 0.306 e. The molecule has 3 heteroatoms. The van der Waals surface area contributed by atoms with Crippen molar-refractivity contribution in [3.8, 4) is 0 Å². The smallest absolute Gasteiger partial charge is 0.306 e. The molecule has 0 aliphatic heterocycles. The van der Waals surface area contributed by atoms with Gasteiger partial charge >= 0.3 is 5.97 Å². The van der Waals surface area contributed by atoms with Crippen LogP contribution in [0.4, 0.5) is 0 Å². The molecule has 0 aromatic carbocycles. The number of aliphatic carboxylic acids is 1. The third-order valence-electron chi connectivity index (χ3n) is 3.77. The molecule has 0 amide bonds. The number of carboxylic acids is 1. The van der Waals surface area contributed by atoms with Crippen LogP contribution in [-0.2, 0) is 4.79 Å². The lowest BCUT2D eigenvalue weighted by atomic mass is 9.79. The standard InChI is InChI=1S/C14H27NO2/c1-11(2)6-5-9-15-10-12-7-3-4-8-13(12)14(16)17/h11-13,15H,3-10H2,1-2H3,(H,16,17). The summed E-state index contributed by atoms with van der Waals surface area (Å²) >= 11 is 0. The molecule has 2 unspecified atom stereocenters. The van der Waals surface area contributed by atoms with Crippen LogP contribution in [0, 0.1) is 17.8 Å². The molecule has 1 aliphatic rings. The zero-order valence-electron chi connectivity index (χ0n) is 11.2. The third kappa shape index (κ3) is 5.53. The first-order valence-electron chi connectivity index (χ1n) is 7.04. The minimum Gasteiger partial charge on any atom is -0.481 e. The van der Waals surface area contributed by atoms with Crippen LogP contribution in [0.5, 0.6) is 0 Å². The highest BCUT2D eigenvalue weighted by atomic mass is 16.4. The fraction of sp³-hybridized carbons (Fsp3) is 0.929. The first-order chi connectivity index (χ1) is 8.11. The fourth-order valence-electron chi connectivity index (χ4n) is 2.70. The average Bonchev–Trinajstić information content (AvgIpc) is 2.28.